The van der Waals surface area contributed by atoms with Crippen molar-refractivity contribution in [2.75, 3.05) is 13.7 Å². The van der Waals surface area contributed by atoms with Gasteiger partial charge in [-0.2, -0.15) is 5.10 Å². The summed E-state index contributed by atoms with van der Waals surface area (Å²) in [6, 6.07) is 6.57. The quantitative estimate of drug-likeness (QED) is 0.792. The van der Waals surface area contributed by atoms with Crippen LogP contribution in [0.25, 0.3) is 5.69 Å². The summed E-state index contributed by atoms with van der Waals surface area (Å²) in [5.41, 5.74) is 1.36. The smallest absolute Gasteiger partial charge is 0.328 e. The number of carbonyl (C=O) groups excluding carboxylic acids is 2. The molecule has 1 aromatic heterocycles. The van der Waals surface area contributed by atoms with Gasteiger partial charge < -0.3 is 9.64 Å². The maximum absolute atomic E-state index is 12.6. The number of hydrogen-bond donors (Lipinski definition) is 0. The van der Waals surface area contributed by atoms with E-state index in [0.717, 1.165) is 12.1 Å². The molecule has 0 spiro atoms. The zero-order chi connectivity index (χ0) is 15.5. The van der Waals surface area contributed by atoms with Crippen molar-refractivity contribution < 1.29 is 14.3 Å². The highest BCUT2D eigenvalue weighted by Crippen LogP contribution is 2.21. The summed E-state index contributed by atoms with van der Waals surface area (Å²) >= 11 is 0. The number of ether oxygens (including phenoxy) is 1. The maximum Gasteiger partial charge on any atom is 0.328 e. The minimum atomic E-state index is -0.479. The molecular formula is C15H16N4O3. The first-order chi connectivity index (χ1) is 10.7. The van der Waals surface area contributed by atoms with E-state index < -0.39 is 6.04 Å². The van der Waals surface area contributed by atoms with Crippen LogP contribution < -0.4 is 0 Å². The van der Waals surface area contributed by atoms with Crippen LogP contribution in [0.2, 0.25) is 0 Å². The standard InChI is InChI=1S/C15H16N4O3/c1-22-15(21)13-3-2-8-18(13)14(20)11-4-6-12(7-5-11)19-10-16-9-17-19/h4-7,9-10,13H,2-3,8H2,1H3. The summed E-state index contributed by atoms with van der Waals surface area (Å²) in [5.74, 6) is -0.511. The van der Waals surface area contributed by atoms with Crippen molar-refractivity contribution in [3.63, 3.8) is 0 Å². The summed E-state index contributed by atoms with van der Waals surface area (Å²) < 4.78 is 6.38. The van der Waals surface area contributed by atoms with E-state index >= 15 is 0 Å². The lowest BCUT2D eigenvalue weighted by Crippen LogP contribution is -2.41. The molecule has 1 aliphatic rings. The molecule has 22 heavy (non-hydrogen) atoms. The molecule has 0 saturated carbocycles. The topological polar surface area (TPSA) is 77.3 Å². The Hall–Kier alpha value is -2.70. The monoisotopic (exact) mass is 300 g/mol. The van der Waals surface area contributed by atoms with Crippen molar-refractivity contribution in [1.29, 1.82) is 0 Å². The molecule has 1 unspecified atom stereocenters. The third-order valence-electron chi connectivity index (χ3n) is 3.78. The fourth-order valence-corrected chi connectivity index (χ4v) is 2.65. The van der Waals surface area contributed by atoms with Crippen LogP contribution >= 0.6 is 0 Å². The van der Waals surface area contributed by atoms with Gasteiger partial charge in [0.25, 0.3) is 5.91 Å². The molecule has 0 bridgehead atoms. The van der Waals surface area contributed by atoms with Gasteiger partial charge in [-0.3, -0.25) is 4.79 Å². The van der Waals surface area contributed by atoms with Crippen molar-refractivity contribution in [2.45, 2.75) is 18.9 Å². The molecule has 2 heterocycles. The Bertz CT molecular complexity index is 667. The molecule has 3 rings (SSSR count). The van der Waals surface area contributed by atoms with Crippen LogP contribution in [-0.4, -0.2) is 51.2 Å². The van der Waals surface area contributed by atoms with Gasteiger partial charge in [0.1, 0.15) is 18.7 Å². The molecule has 0 aliphatic carbocycles. The van der Waals surface area contributed by atoms with Gasteiger partial charge in [-0.1, -0.05) is 0 Å². The predicted molar refractivity (Wildman–Crippen MR) is 77.4 cm³/mol. The second-order valence-electron chi connectivity index (χ2n) is 5.07. The summed E-state index contributed by atoms with van der Waals surface area (Å²) in [4.78, 5) is 29.8. The van der Waals surface area contributed by atoms with Crippen LogP contribution in [0.5, 0.6) is 0 Å². The minimum absolute atomic E-state index is 0.155. The number of hydrogen-bond acceptors (Lipinski definition) is 5. The van der Waals surface area contributed by atoms with Crippen LogP contribution in [0.3, 0.4) is 0 Å². The Morgan fingerprint density at radius 3 is 2.68 bits per heavy atom. The van der Waals surface area contributed by atoms with Gasteiger partial charge in [-0.25, -0.2) is 14.5 Å². The average molecular weight is 300 g/mol. The summed E-state index contributed by atoms with van der Waals surface area (Å²) in [6.07, 6.45) is 4.49. The third kappa shape index (κ3) is 2.57. The van der Waals surface area contributed by atoms with E-state index in [1.807, 2.05) is 0 Å². The maximum atomic E-state index is 12.6. The molecule has 1 fully saturated rings. The average Bonchev–Trinajstić information content (AvgIpc) is 3.25. The van der Waals surface area contributed by atoms with Crippen molar-refractivity contribution in [3.05, 3.63) is 42.5 Å². The number of amides is 1. The lowest BCUT2D eigenvalue weighted by Gasteiger charge is -2.22. The second-order valence-corrected chi connectivity index (χ2v) is 5.07. The van der Waals surface area contributed by atoms with Gasteiger partial charge in [-0.05, 0) is 37.1 Å². The lowest BCUT2D eigenvalue weighted by atomic mass is 10.1. The SMILES string of the molecule is COC(=O)C1CCCN1C(=O)c1ccc(-n2cncn2)cc1. The molecule has 1 aliphatic heterocycles. The van der Waals surface area contributed by atoms with Gasteiger partial charge in [0, 0.05) is 12.1 Å². The Labute approximate surface area is 127 Å². The van der Waals surface area contributed by atoms with E-state index in [4.69, 9.17) is 4.74 Å². The summed E-state index contributed by atoms with van der Waals surface area (Å²) in [6.45, 7) is 0.573. The molecule has 0 N–H and O–H groups in total. The van der Waals surface area contributed by atoms with Gasteiger partial charge >= 0.3 is 5.97 Å². The second kappa shape index (κ2) is 5.97. The number of esters is 1. The van der Waals surface area contributed by atoms with Crippen LogP contribution in [-0.2, 0) is 9.53 Å². The van der Waals surface area contributed by atoms with E-state index in [1.165, 1.54) is 13.4 Å². The highest BCUT2D eigenvalue weighted by Gasteiger charge is 2.35. The van der Waals surface area contributed by atoms with Crippen LogP contribution in [0.4, 0.5) is 0 Å². The van der Waals surface area contributed by atoms with Crippen LogP contribution in [0.15, 0.2) is 36.9 Å². The molecule has 1 aromatic carbocycles. The fraction of sp³-hybridized carbons (Fsp3) is 0.333. The van der Waals surface area contributed by atoms with Crippen LogP contribution in [0, 0.1) is 0 Å². The number of methoxy groups -OCH3 is 1. The van der Waals surface area contributed by atoms with Crippen molar-refractivity contribution >= 4 is 11.9 Å². The molecule has 1 amide bonds. The highest BCUT2D eigenvalue weighted by atomic mass is 16.5. The van der Waals surface area contributed by atoms with E-state index in [9.17, 15) is 9.59 Å². The van der Waals surface area contributed by atoms with E-state index in [1.54, 1.807) is 40.2 Å². The Morgan fingerprint density at radius 1 is 1.27 bits per heavy atom. The number of benzene rings is 1. The Kier molecular flexibility index (Phi) is 3.86. The van der Waals surface area contributed by atoms with Gasteiger partial charge in [0.2, 0.25) is 0 Å². The fourth-order valence-electron chi connectivity index (χ4n) is 2.65. The zero-order valence-corrected chi connectivity index (χ0v) is 12.2. The van der Waals surface area contributed by atoms with E-state index in [2.05, 4.69) is 10.1 Å². The predicted octanol–water partition coefficient (Wildman–Crippen LogP) is 1.04. The number of rotatable bonds is 3. The van der Waals surface area contributed by atoms with Crippen molar-refractivity contribution in [1.82, 2.24) is 19.7 Å². The number of aromatic nitrogens is 3. The van der Waals surface area contributed by atoms with Gasteiger partial charge in [0.05, 0.1) is 12.8 Å². The molecular weight excluding hydrogens is 284 g/mol. The first-order valence-corrected chi connectivity index (χ1v) is 7.04. The molecule has 114 valence electrons. The van der Waals surface area contributed by atoms with Gasteiger partial charge in [0.15, 0.2) is 0 Å². The van der Waals surface area contributed by atoms with Crippen molar-refractivity contribution in [2.24, 2.45) is 0 Å². The zero-order valence-electron chi connectivity index (χ0n) is 12.2. The molecule has 1 atom stereocenters. The molecule has 2 aromatic rings. The Balaban J connectivity index is 1.79. The van der Waals surface area contributed by atoms with Crippen molar-refractivity contribution in [3.8, 4) is 5.69 Å². The summed E-state index contributed by atoms with van der Waals surface area (Å²) in [5, 5.41) is 4.03. The number of carbonyl (C=O) groups is 2. The van der Waals surface area contributed by atoms with E-state index in [-0.39, 0.29) is 11.9 Å². The minimum Gasteiger partial charge on any atom is -0.467 e. The first kappa shape index (κ1) is 14.2. The van der Waals surface area contributed by atoms with Crippen LogP contribution in [0.1, 0.15) is 23.2 Å². The molecule has 1 saturated heterocycles. The summed E-state index contributed by atoms with van der Waals surface area (Å²) in [7, 11) is 1.34. The largest absolute Gasteiger partial charge is 0.467 e. The molecule has 7 nitrogen and oxygen atoms in total. The lowest BCUT2D eigenvalue weighted by molar-refractivity contribution is -0.145. The third-order valence-corrected chi connectivity index (χ3v) is 3.78. The Morgan fingerprint density at radius 2 is 2.05 bits per heavy atom. The highest BCUT2D eigenvalue weighted by molar-refractivity contribution is 5.97. The van der Waals surface area contributed by atoms with Gasteiger partial charge in [-0.15, -0.1) is 0 Å². The van der Waals surface area contributed by atoms with E-state index in [0.29, 0.717) is 18.5 Å². The normalized spacial score (nSPS) is 17.5. The molecule has 7 heteroatoms. The number of likely N-dealkylation sites (tertiary alicyclic amines) is 1. The first-order valence-electron chi connectivity index (χ1n) is 7.04. The molecule has 0 radical (unpaired) electrons. The number of nitrogens with zero attached hydrogens (tertiary/aromatic N) is 4.